The standard InChI is InChI=1S/C19H19ClN4O3S/c1-26-15-7-12(8-16(9-15)27-2)10-21-17(25)11-24-18(22-23-19(24)28)13-3-5-14(20)6-4-13/h3-9H,10-11H2,1-2H3,(H,21,25)(H,23,28). The average Bonchev–Trinajstić information content (AvgIpc) is 3.07. The molecule has 0 fully saturated rings. The van der Waals surface area contributed by atoms with Gasteiger partial charge in [0.05, 0.1) is 14.2 Å². The van der Waals surface area contributed by atoms with Crippen LogP contribution >= 0.6 is 23.8 Å². The van der Waals surface area contributed by atoms with Crippen LogP contribution in [0, 0.1) is 4.77 Å². The summed E-state index contributed by atoms with van der Waals surface area (Å²) < 4.78 is 12.5. The first kappa shape index (κ1) is 19.9. The van der Waals surface area contributed by atoms with Crippen LogP contribution in [0.5, 0.6) is 11.5 Å². The summed E-state index contributed by atoms with van der Waals surface area (Å²) in [6, 6.07) is 12.6. The summed E-state index contributed by atoms with van der Waals surface area (Å²) in [4.78, 5) is 12.5. The molecule has 1 heterocycles. The van der Waals surface area contributed by atoms with Gasteiger partial charge in [-0.3, -0.25) is 14.5 Å². The summed E-state index contributed by atoms with van der Waals surface area (Å²) in [7, 11) is 3.16. The van der Waals surface area contributed by atoms with Gasteiger partial charge in [0.2, 0.25) is 5.91 Å². The molecule has 3 rings (SSSR count). The Balaban J connectivity index is 1.72. The van der Waals surface area contributed by atoms with Crippen molar-refractivity contribution in [3.8, 4) is 22.9 Å². The second-order valence-electron chi connectivity index (χ2n) is 5.94. The van der Waals surface area contributed by atoms with Gasteiger partial charge in [0.1, 0.15) is 18.0 Å². The Morgan fingerprint density at radius 3 is 2.43 bits per heavy atom. The van der Waals surface area contributed by atoms with Crippen molar-refractivity contribution in [1.29, 1.82) is 0 Å². The largest absolute Gasteiger partial charge is 0.497 e. The molecule has 0 aliphatic carbocycles. The summed E-state index contributed by atoms with van der Waals surface area (Å²) >= 11 is 11.2. The van der Waals surface area contributed by atoms with E-state index in [2.05, 4.69) is 15.5 Å². The van der Waals surface area contributed by atoms with Crippen molar-refractivity contribution in [3.63, 3.8) is 0 Å². The summed E-state index contributed by atoms with van der Waals surface area (Å²) in [5.74, 6) is 1.69. The third-order valence-corrected chi connectivity index (χ3v) is 4.63. The van der Waals surface area contributed by atoms with Crippen LogP contribution in [0.1, 0.15) is 5.56 Å². The summed E-state index contributed by atoms with van der Waals surface area (Å²) in [5.41, 5.74) is 1.67. The minimum atomic E-state index is -0.200. The van der Waals surface area contributed by atoms with Gasteiger partial charge in [-0.25, -0.2) is 0 Å². The molecule has 0 saturated heterocycles. The highest BCUT2D eigenvalue weighted by atomic mass is 35.5. The molecule has 0 atom stereocenters. The molecule has 7 nitrogen and oxygen atoms in total. The number of aromatic nitrogens is 3. The van der Waals surface area contributed by atoms with Gasteiger partial charge in [-0.2, -0.15) is 5.10 Å². The van der Waals surface area contributed by atoms with Crippen molar-refractivity contribution in [1.82, 2.24) is 20.1 Å². The van der Waals surface area contributed by atoms with E-state index >= 15 is 0 Å². The number of carbonyl (C=O) groups excluding carboxylic acids is 1. The van der Waals surface area contributed by atoms with Crippen molar-refractivity contribution < 1.29 is 14.3 Å². The number of amides is 1. The van der Waals surface area contributed by atoms with Gasteiger partial charge >= 0.3 is 0 Å². The highest BCUT2D eigenvalue weighted by molar-refractivity contribution is 7.71. The molecule has 0 unspecified atom stereocenters. The number of nitrogens with zero attached hydrogens (tertiary/aromatic N) is 2. The van der Waals surface area contributed by atoms with E-state index in [4.69, 9.17) is 33.3 Å². The fourth-order valence-electron chi connectivity index (χ4n) is 2.65. The van der Waals surface area contributed by atoms with Gasteiger partial charge in [-0.05, 0) is 54.2 Å². The van der Waals surface area contributed by atoms with Gasteiger partial charge in [0.25, 0.3) is 0 Å². The molecular weight excluding hydrogens is 400 g/mol. The molecule has 0 aliphatic rings. The maximum atomic E-state index is 12.5. The number of ether oxygens (including phenoxy) is 2. The van der Waals surface area contributed by atoms with Crippen LogP contribution in [-0.2, 0) is 17.9 Å². The Hall–Kier alpha value is -2.84. The zero-order valence-corrected chi connectivity index (χ0v) is 16.9. The first-order valence-corrected chi connectivity index (χ1v) is 9.18. The van der Waals surface area contributed by atoms with Crippen molar-refractivity contribution in [3.05, 3.63) is 57.8 Å². The van der Waals surface area contributed by atoms with Gasteiger partial charge in [0, 0.05) is 23.2 Å². The van der Waals surface area contributed by atoms with E-state index in [1.807, 2.05) is 24.3 Å². The molecule has 0 saturated carbocycles. The molecule has 0 aliphatic heterocycles. The first-order chi connectivity index (χ1) is 13.5. The summed E-state index contributed by atoms with van der Waals surface area (Å²) in [5, 5.41) is 10.4. The Bertz CT molecular complexity index is 1010. The highest BCUT2D eigenvalue weighted by Gasteiger charge is 2.13. The molecule has 28 heavy (non-hydrogen) atoms. The van der Waals surface area contributed by atoms with E-state index in [0.29, 0.717) is 33.7 Å². The molecule has 0 bridgehead atoms. The van der Waals surface area contributed by atoms with E-state index < -0.39 is 0 Å². The van der Waals surface area contributed by atoms with Crippen LogP contribution in [0.2, 0.25) is 5.02 Å². The number of rotatable bonds is 7. The van der Waals surface area contributed by atoms with Crippen LogP contribution in [0.15, 0.2) is 42.5 Å². The second-order valence-corrected chi connectivity index (χ2v) is 6.77. The van der Waals surface area contributed by atoms with Crippen LogP contribution in [-0.4, -0.2) is 34.9 Å². The maximum absolute atomic E-state index is 12.5. The third-order valence-electron chi connectivity index (χ3n) is 4.06. The SMILES string of the molecule is COc1cc(CNC(=O)Cn2c(-c3ccc(Cl)cc3)n[nH]c2=S)cc(OC)c1. The number of methoxy groups -OCH3 is 2. The zero-order chi connectivity index (χ0) is 20.1. The monoisotopic (exact) mass is 418 g/mol. The van der Waals surface area contributed by atoms with E-state index in [9.17, 15) is 4.79 Å². The number of halogens is 1. The Labute approximate surface area is 172 Å². The molecule has 2 aromatic carbocycles. The first-order valence-electron chi connectivity index (χ1n) is 8.40. The number of benzene rings is 2. The zero-order valence-electron chi connectivity index (χ0n) is 15.4. The number of aromatic amines is 1. The van der Waals surface area contributed by atoms with Crippen molar-refractivity contribution in [2.75, 3.05) is 14.2 Å². The Morgan fingerprint density at radius 2 is 1.82 bits per heavy atom. The molecule has 2 N–H and O–H groups in total. The Kier molecular flexibility index (Phi) is 6.33. The predicted molar refractivity (Wildman–Crippen MR) is 109 cm³/mol. The molecular formula is C19H19ClN4O3S. The lowest BCUT2D eigenvalue weighted by molar-refractivity contribution is -0.121. The minimum Gasteiger partial charge on any atom is -0.497 e. The minimum absolute atomic E-state index is 0.0361. The molecule has 1 aromatic heterocycles. The maximum Gasteiger partial charge on any atom is 0.240 e. The fraction of sp³-hybridized carbons (Fsp3) is 0.211. The lowest BCUT2D eigenvalue weighted by Gasteiger charge is -2.11. The summed E-state index contributed by atoms with van der Waals surface area (Å²) in [6.45, 7) is 0.363. The topological polar surface area (TPSA) is 81.2 Å². The second kappa shape index (κ2) is 8.90. The van der Waals surface area contributed by atoms with Crippen LogP contribution in [0.3, 0.4) is 0 Å². The van der Waals surface area contributed by atoms with Gasteiger partial charge in [0.15, 0.2) is 10.6 Å². The molecule has 0 spiro atoms. The number of hydrogen-bond acceptors (Lipinski definition) is 5. The Morgan fingerprint density at radius 1 is 1.18 bits per heavy atom. The number of H-pyrrole nitrogens is 1. The van der Waals surface area contributed by atoms with Gasteiger partial charge in [-0.1, -0.05) is 11.6 Å². The van der Waals surface area contributed by atoms with Gasteiger partial charge < -0.3 is 14.8 Å². The van der Waals surface area contributed by atoms with Crippen LogP contribution in [0.25, 0.3) is 11.4 Å². The smallest absolute Gasteiger partial charge is 0.240 e. The van der Waals surface area contributed by atoms with Crippen molar-refractivity contribution in [2.24, 2.45) is 0 Å². The van der Waals surface area contributed by atoms with Crippen LogP contribution < -0.4 is 14.8 Å². The molecule has 0 radical (unpaired) electrons. The van der Waals surface area contributed by atoms with E-state index in [1.165, 1.54) is 0 Å². The molecule has 146 valence electrons. The number of hydrogen-bond donors (Lipinski definition) is 2. The van der Waals surface area contributed by atoms with E-state index in [1.54, 1.807) is 37.0 Å². The van der Waals surface area contributed by atoms with Crippen LogP contribution in [0.4, 0.5) is 0 Å². The quantitative estimate of drug-likeness (QED) is 0.573. The number of carbonyl (C=O) groups is 1. The normalized spacial score (nSPS) is 10.5. The van der Waals surface area contributed by atoms with Gasteiger partial charge in [-0.15, -0.1) is 0 Å². The molecule has 9 heteroatoms. The van der Waals surface area contributed by atoms with E-state index in [-0.39, 0.29) is 12.5 Å². The highest BCUT2D eigenvalue weighted by Crippen LogP contribution is 2.22. The van der Waals surface area contributed by atoms with Crippen molar-refractivity contribution in [2.45, 2.75) is 13.1 Å². The molecule has 3 aromatic rings. The fourth-order valence-corrected chi connectivity index (χ4v) is 2.97. The lowest BCUT2D eigenvalue weighted by atomic mass is 10.2. The number of nitrogens with one attached hydrogen (secondary N) is 2. The molecule has 1 amide bonds. The van der Waals surface area contributed by atoms with Crippen molar-refractivity contribution >= 4 is 29.7 Å². The third kappa shape index (κ3) is 4.71. The lowest BCUT2D eigenvalue weighted by Crippen LogP contribution is -2.27. The summed E-state index contributed by atoms with van der Waals surface area (Å²) in [6.07, 6.45) is 0. The predicted octanol–water partition coefficient (Wildman–Crippen LogP) is 3.59. The van der Waals surface area contributed by atoms with E-state index in [0.717, 1.165) is 11.1 Å². The average molecular weight is 419 g/mol.